The third-order valence-corrected chi connectivity index (χ3v) is 7.80. The highest BCUT2D eigenvalue weighted by Gasteiger charge is 2.16. The lowest BCUT2D eigenvalue weighted by molar-refractivity contribution is 0.669. The van der Waals surface area contributed by atoms with Crippen LogP contribution in [-0.4, -0.2) is 0 Å². The van der Waals surface area contributed by atoms with E-state index in [1.807, 2.05) is 0 Å². The number of rotatable bonds is 4. The van der Waals surface area contributed by atoms with Gasteiger partial charge in [0.15, 0.2) is 0 Å². The fourth-order valence-corrected chi connectivity index (χ4v) is 5.79. The van der Waals surface area contributed by atoms with E-state index in [4.69, 9.17) is 4.42 Å². The SMILES string of the molecule is c1ccc(-c2ccc(N(c3ccc4ccccc4c3)c3ccc4oc5cc6ccccc6cc5c4c3)cc2)cc1. The molecule has 0 aliphatic rings. The van der Waals surface area contributed by atoms with Crippen LogP contribution in [0.5, 0.6) is 0 Å². The van der Waals surface area contributed by atoms with E-state index in [0.29, 0.717) is 0 Å². The van der Waals surface area contributed by atoms with Crippen LogP contribution in [-0.2, 0) is 0 Å². The first-order valence-electron chi connectivity index (χ1n) is 13.6. The van der Waals surface area contributed by atoms with Crippen LogP contribution in [0.3, 0.4) is 0 Å². The van der Waals surface area contributed by atoms with Crippen LogP contribution in [0.25, 0.3) is 54.6 Å². The maximum Gasteiger partial charge on any atom is 0.136 e. The van der Waals surface area contributed by atoms with Crippen LogP contribution in [0.1, 0.15) is 0 Å². The molecule has 1 heterocycles. The Bertz CT molecular complexity index is 2160. The molecule has 0 aliphatic heterocycles. The van der Waals surface area contributed by atoms with Crippen molar-refractivity contribution in [2.45, 2.75) is 0 Å². The van der Waals surface area contributed by atoms with Crippen LogP contribution in [0, 0.1) is 0 Å². The van der Waals surface area contributed by atoms with Crippen molar-refractivity contribution in [2.24, 2.45) is 0 Å². The molecule has 0 atom stereocenters. The average Bonchev–Trinajstić information content (AvgIpc) is 3.37. The minimum Gasteiger partial charge on any atom is -0.456 e. The molecule has 7 aromatic carbocycles. The number of furan rings is 1. The first-order chi connectivity index (χ1) is 19.8. The zero-order valence-corrected chi connectivity index (χ0v) is 21.8. The van der Waals surface area contributed by atoms with Gasteiger partial charge in [-0.3, -0.25) is 0 Å². The van der Waals surface area contributed by atoms with Gasteiger partial charge in [0.05, 0.1) is 0 Å². The second-order valence-electron chi connectivity index (χ2n) is 10.3. The molecule has 8 aromatic rings. The maximum atomic E-state index is 6.31. The van der Waals surface area contributed by atoms with E-state index in [1.165, 1.54) is 32.7 Å². The number of hydrogen-bond acceptors (Lipinski definition) is 2. The minimum absolute atomic E-state index is 0.895. The van der Waals surface area contributed by atoms with E-state index in [1.54, 1.807) is 0 Å². The van der Waals surface area contributed by atoms with E-state index >= 15 is 0 Å². The van der Waals surface area contributed by atoms with Crippen LogP contribution in [0.4, 0.5) is 17.1 Å². The molecule has 0 fully saturated rings. The van der Waals surface area contributed by atoms with Crippen LogP contribution in [0.15, 0.2) is 156 Å². The number of anilines is 3. The highest BCUT2D eigenvalue weighted by molar-refractivity contribution is 6.11. The van der Waals surface area contributed by atoms with Crippen LogP contribution < -0.4 is 4.90 Å². The van der Waals surface area contributed by atoms with E-state index in [9.17, 15) is 0 Å². The van der Waals surface area contributed by atoms with Gasteiger partial charge in [-0.25, -0.2) is 0 Å². The van der Waals surface area contributed by atoms with Crippen molar-refractivity contribution < 1.29 is 4.42 Å². The van der Waals surface area contributed by atoms with Crippen molar-refractivity contribution >= 4 is 60.5 Å². The van der Waals surface area contributed by atoms with Crippen LogP contribution >= 0.6 is 0 Å². The van der Waals surface area contributed by atoms with Crippen LogP contribution in [0.2, 0.25) is 0 Å². The number of nitrogens with zero attached hydrogens (tertiary/aromatic N) is 1. The quantitative estimate of drug-likeness (QED) is 0.234. The van der Waals surface area contributed by atoms with E-state index in [-0.39, 0.29) is 0 Å². The molecule has 0 bridgehead atoms. The van der Waals surface area contributed by atoms with Gasteiger partial charge in [-0.2, -0.15) is 0 Å². The largest absolute Gasteiger partial charge is 0.456 e. The highest BCUT2D eigenvalue weighted by Crippen LogP contribution is 2.40. The van der Waals surface area contributed by atoms with Gasteiger partial charge in [-0.1, -0.05) is 97.1 Å². The Balaban J connectivity index is 1.32. The summed E-state index contributed by atoms with van der Waals surface area (Å²) >= 11 is 0. The average molecular weight is 512 g/mol. The van der Waals surface area contributed by atoms with Gasteiger partial charge in [-0.15, -0.1) is 0 Å². The second kappa shape index (κ2) is 9.14. The van der Waals surface area contributed by atoms with Gasteiger partial charge >= 0.3 is 0 Å². The summed E-state index contributed by atoms with van der Waals surface area (Å²) in [5.74, 6) is 0. The minimum atomic E-state index is 0.895. The molecule has 40 heavy (non-hydrogen) atoms. The molecular weight excluding hydrogens is 486 g/mol. The predicted octanol–water partition coefficient (Wildman–Crippen LogP) is 11.0. The lowest BCUT2D eigenvalue weighted by Gasteiger charge is -2.26. The molecule has 0 spiro atoms. The van der Waals surface area contributed by atoms with Gasteiger partial charge in [0.1, 0.15) is 11.2 Å². The summed E-state index contributed by atoms with van der Waals surface area (Å²) in [6.45, 7) is 0. The zero-order valence-electron chi connectivity index (χ0n) is 21.8. The molecule has 188 valence electrons. The topological polar surface area (TPSA) is 16.4 Å². The molecular formula is C38H25NO. The summed E-state index contributed by atoms with van der Waals surface area (Å²) < 4.78 is 6.31. The monoisotopic (exact) mass is 511 g/mol. The fraction of sp³-hybridized carbons (Fsp3) is 0. The Morgan fingerprint density at radius 2 is 0.900 bits per heavy atom. The molecule has 2 heteroatoms. The van der Waals surface area contributed by atoms with Crippen molar-refractivity contribution in [3.63, 3.8) is 0 Å². The summed E-state index contributed by atoms with van der Waals surface area (Å²) in [4.78, 5) is 2.33. The van der Waals surface area contributed by atoms with Gasteiger partial charge in [-0.05, 0) is 87.3 Å². The van der Waals surface area contributed by atoms with Crippen molar-refractivity contribution in [1.82, 2.24) is 0 Å². The van der Waals surface area contributed by atoms with Crippen molar-refractivity contribution in [2.75, 3.05) is 4.90 Å². The summed E-state index contributed by atoms with van der Waals surface area (Å²) in [6.07, 6.45) is 0. The number of benzene rings is 7. The normalized spacial score (nSPS) is 11.5. The second-order valence-corrected chi connectivity index (χ2v) is 10.3. The Hall–Kier alpha value is -5.34. The Morgan fingerprint density at radius 3 is 1.68 bits per heavy atom. The van der Waals surface area contributed by atoms with E-state index in [0.717, 1.165) is 39.0 Å². The molecule has 0 saturated heterocycles. The summed E-state index contributed by atoms with van der Waals surface area (Å²) in [7, 11) is 0. The van der Waals surface area contributed by atoms with Gasteiger partial charge in [0.2, 0.25) is 0 Å². The Morgan fingerprint density at radius 1 is 0.350 bits per heavy atom. The molecule has 0 saturated carbocycles. The zero-order chi connectivity index (χ0) is 26.5. The van der Waals surface area contributed by atoms with Gasteiger partial charge in [0.25, 0.3) is 0 Å². The van der Waals surface area contributed by atoms with Gasteiger partial charge in [0, 0.05) is 27.8 Å². The highest BCUT2D eigenvalue weighted by atomic mass is 16.3. The lowest BCUT2D eigenvalue weighted by Crippen LogP contribution is -2.09. The molecule has 8 rings (SSSR count). The molecule has 1 aromatic heterocycles. The molecule has 2 nitrogen and oxygen atoms in total. The summed E-state index contributed by atoms with van der Waals surface area (Å²) in [5, 5.41) is 7.09. The van der Waals surface area contributed by atoms with E-state index < -0.39 is 0 Å². The molecule has 0 N–H and O–H groups in total. The molecule has 0 amide bonds. The summed E-state index contributed by atoms with van der Waals surface area (Å²) in [5.41, 5.74) is 7.53. The molecule has 0 radical (unpaired) electrons. The fourth-order valence-electron chi connectivity index (χ4n) is 5.79. The standard InChI is InChI=1S/C38H25NO/c1-2-8-26(9-3-1)28-14-17-32(18-15-28)39(33-19-16-27-10-4-5-11-29(27)22-33)34-20-21-37-36(25-34)35-23-30-12-6-7-13-31(30)24-38(35)40-37/h1-25H. The van der Waals surface area contributed by atoms with Crippen molar-refractivity contribution in [1.29, 1.82) is 0 Å². The van der Waals surface area contributed by atoms with Crippen molar-refractivity contribution in [3.05, 3.63) is 152 Å². The van der Waals surface area contributed by atoms with E-state index in [2.05, 4.69) is 157 Å². The third kappa shape index (κ3) is 3.81. The number of fused-ring (bicyclic) bond motifs is 5. The summed E-state index contributed by atoms with van der Waals surface area (Å²) in [6, 6.07) is 53.9. The lowest BCUT2D eigenvalue weighted by atomic mass is 10.0. The Kier molecular flexibility index (Phi) is 5.17. The van der Waals surface area contributed by atoms with Crippen molar-refractivity contribution in [3.8, 4) is 11.1 Å². The molecule has 0 unspecified atom stereocenters. The predicted molar refractivity (Wildman–Crippen MR) is 169 cm³/mol. The third-order valence-electron chi connectivity index (χ3n) is 7.80. The van der Waals surface area contributed by atoms with Gasteiger partial charge < -0.3 is 9.32 Å². The smallest absolute Gasteiger partial charge is 0.136 e. The number of hydrogen-bond donors (Lipinski definition) is 0. The first-order valence-corrected chi connectivity index (χ1v) is 13.6. The first kappa shape index (κ1) is 22.6. The molecule has 0 aliphatic carbocycles. The Labute approximate surface area is 232 Å². The maximum absolute atomic E-state index is 6.31.